The Labute approximate surface area is 107 Å². The summed E-state index contributed by atoms with van der Waals surface area (Å²) >= 11 is 0. The molecule has 0 unspecified atom stereocenters. The van der Waals surface area contributed by atoms with Gasteiger partial charge < -0.3 is 4.74 Å². The van der Waals surface area contributed by atoms with Gasteiger partial charge in [0.1, 0.15) is 11.6 Å². The number of rotatable bonds is 1. The van der Waals surface area contributed by atoms with Crippen molar-refractivity contribution >= 4 is 0 Å². The second-order valence-corrected chi connectivity index (χ2v) is 5.64. The van der Waals surface area contributed by atoms with Crippen LogP contribution in [0.3, 0.4) is 0 Å². The zero-order valence-corrected chi connectivity index (χ0v) is 11.0. The molecule has 1 heterocycles. The average molecular weight is 255 g/mol. The standard InChI is InChI=1S/C14H19F2NO/c1-14(2,3)17-6-7-18-13(9-17)11-8-10(15)4-5-12(11)16/h4-5,8,13H,6-7,9H2,1-3H3/t13-/m0/s1. The zero-order chi connectivity index (χ0) is 13.3. The van der Waals surface area contributed by atoms with E-state index in [2.05, 4.69) is 25.7 Å². The summed E-state index contributed by atoms with van der Waals surface area (Å²) in [5.74, 6) is -0.833. The highest BCUT2D eigenvalue weighted by molar-refractivity contribution is 5.22. The molecule has 0 bridgehead atoms. The van der Waals surface area contributed by atoms with Crippen molar-refractivity contribution in [1.82, 2.24) is 4.90 Å². The fourth-order valence-corrected chi connectivity index (χ4v) is 2.21. The Morgan fingerprint density at radius 1 is 1.28 bits per heavy atom. The van der Waals surface area contributed by atoms with Crippen molar-refractivity contribution in [3.05, 3.63) is 35.4 Å². The van der Waals surface area contributed by atoms with Gasteiger partial charge in [0.05, 0.1) is 12.7 Å². The maximum Gasteiger partial charge on any atom is 0.129 e. The lowest BCUT2D eigenvalue weighted by Gasteiger charge is -2.41. The maximum absolute atomic E-state index is 13.7. The summed E-state index contributed by atoms with van der Waals surface area (Å²) in [5, 5.41) is 0. The van der Waals surface area contributed by atoms with Gasteiger partial charge in [0.2, 0.25) is 0 Å². The van der Waals surface area contributed by atoms with Gasteiger partial charge in [0.25, 0.3) is 0 Å². The van der Waals surface area contributed by atoms with Crippen molar-refractivity contribution in [3.63, 3.8) is 0 Å². The van der Waals surface area contributed by atoms with Crippen molar-refractivity contribution < 1.29 is 13.5 Å². The molecule has 0 N–H and O–H groups in total. The Balaban J connectivity index is 2.21. The van der Waals surface area contributed by atoms with Crippen molar-refractivity contribution in [2.75, 3.05) is 19.7 Å². The third-order valence-electron chi connectivity index (χ3n) is 3.32. The molecule has 0 amide bonds. The lowest BCUT2D eigenvalue weighted by Crippen LogP contribution is -2.49. The zero-order valence-electron chi connectivity index (χ0n) is 11.0. The average Bonchev–Trinajstić information content (AvgIpc) is 2.31. The molecule has 0 aliphatic carbocycles. The van der Waals surface area contributed by atoms with Gasteiger partial charge in [-0.15, -0.1) is 0 Å². The smallest absolute Gasteiger partial charge is 0.129 e. The molecule has 1 aliphatic heterocycles. The number of hydrogen-bond donors (Lipinski definition) is 0. The Morgan fingerprint density at radius 2 is 2.00 bits per heavy atom. The lowest BCUT2D eigenvalue weighted by atomic mass is 10.0. The quantitative estimate of drug-likeness (QED) is 0.764. The van der Waals surface area contributed by atoms with Gasteiger partial charge in [-0.3, -0.25) is 4.90 Å². The molecule has 1 aromatic rings. The summed E-state index contributed by atoms with van der Waals surface area (Å²) in [7, 11) is 0. The molecule has 2 nitrogen and oxygen atoms in total. The molecule has 1 atom stereocenters. The van der Waals surface area contributed by atoms with Crippen LogP contribution in [0, 0.1) is 11.6 Å². The summed E-state index contributed by atoms with van der Waals surface area (Å²) < 4.78 is 32.5. The van der Waals surface area contributed by atoms with Crippen LogP contribution in [0.25, 0.3) is 0 Å². The first-order valence-corrected chi connectivity index (χ1v) is 6.19. The van der Waals surface area contributed by atoms with Crippen LogP contribution in [0.15, 0.2) is 18.2 Å². The Bertz CT molecular complexity index is 428. The summed E-state index contributed by atoms with van der Waals surface area (Å²) in [6, 6.07) is 3.51. The van der Waals surface area contributed by atoms with Crippen LogP contribution >= 0.6 is 0 Å². The largest absolute Gasteiger partial charge is 0.371 e. The molecule has 1 aromatic carbocycles. The molecule has 100 valence electrons. The first-order valence-electron chi connectivity index (χ1n) is 6.19. The van der Waals surface area contributed by atoms with Crippen LogP contribution in [0.1, 0.15) is 32.4 Å². The van der Waals surface area contributed by atoms with E-state index in [1.807, 2.05) is 0 Å². The van der Waals surface area contributed by atoms with Gasteiger partial charge in [-0.05, 0) is 39.0 Å². The van der Waals surface area contributed by atoms with E-state index in [1.165, 1.54) is 6.07 Å². The van der Waals surface area contributed by atoms with Crippen molar-refractivity contribution in [2.24, 2.45) is 0 Å². The number of morpholine rings is 1. The highest BCUT2D eigenvalue weighted by Crippen LogP contribution is 2.28. The van der Waals surface area contributed by atoms with Crippen molar-refractivity contribution in [3.8, 4) is 0 Å². The van der Waals surface area contributed by atoms with E-state index >= 15 is 0 Å². The second kappa shape index (κ2) is 4.94. The minimum Gasteiger partial charge on any atom is -0.371 e. The van der Waals surface area contributed by atoms with Gasteiger partial charge in [-0.1, -0.05) is 0 Å². The van der Waals surface area contributed by atoms with E-state index < -0.39 is 17.7 Å². The molecule has 0 aromatic heterocycles. The first kappa shape index (κ1) is 13.4. The normalized spacial score (nSPS) is 22.2. The molecule has 0 saturated carbocycles. The van der Waals surface area contributed by atoms with Crippen LogP contribution < -0.4 is 0 Å². The molecule has 2 rings (SSSR count). The van der Waals surface area contributed by atoms with Gasteiger partial charge in [-0.25, -0.2) is 8.78 Å². The van der Waals surface area contributed by atoms with E-state index in [1.54, 1.807) is 0 Å². The molecule has 18 heavy (non-hydrogen) atoms. The molecule has 1 fully saturated rings. The molecular weight excluding hydrogens is 236 g/mol. The third-order valence-corrected chi connectivity index (χ3v) is 3.32. The molecule has 1 aliphatic rings. The molecular formula is C14H19F2NO. The SMILES string of the molecule is CC(C)(C)N1CCO[C@H](c2cc(F)ccc2F)C1. The molecule has 4 heteroatoms. The number of halogens is 2. The maximum atomic E-state index is 13.7. The third kappa shape index (κ3) is 2.87. The molecule has 0 radical (unpaired) electrons. The summed E-state index contributed by atoms with van der Waals surface area (Å²) in [6.07, 6.45) is -0.395. The van der Waals surface area contributed by atoms with Crippen LogP contribution in [0.5, 0.6) is 0 Å². The van der Waals surface area contributed by atoms with Crippen molar-refractivity contribution in [1.29, 1.82) is 0 Å². The Kier molecular flexibility index (Phi) is 3.69. The molecule has 0 spiro atoms. The van der Waals surface area contributed by atoms with Crippen molar-refractivity contribution in [2.45, 2.75) is 32.4 Å². The summed E-state index contributed by atoms with van der Waals surface area (Å²) in [5.41, 5.74) is 0.315. The Morgan fingerprint density at radius 3 is 2.67 bits per heavy atom. The van der Waals surface area contributed by atoms with Crippen LogP contribution in [0.2, 0.25) is 0 Å². The van der Waals surface area contributed by atoms with E-state index in [0.717, 1.165) is 18.7 Å². The highest BCUT2D eigenvalue weighted by Gasteiger charge is 2.30. The van der Waals surface area contributed by atoms with Gasteiger partial charge in [0, 0.05) is 24.2 Å². The number of benzene rings is 1. The predicted octanol–water partition coefficient (Wildman–Crippen LogP) is 3.14. The summed E-state index contributed by atoms with van der Waals surface area (Å²) in [4.78, 5) is 2.23. The fraction of sp³-hybridized carbons (Fsp3) is 0.571. The van der Waals surface area contributed by atoms with Crippen LogP contribution in [-0.4, -0.2) is 30.1 Å². The lowest BCUT2D eigenvalue weighted by molar-refractivity contribution is -0.0610. The van der Waals surface area contributed by atoms with Gasteiger partial charge >= 0.3 is 0 Å². The number of ether oxygens (including phenoxy) is 1. The highest BCUT2D eigenvalue weighted by atomic mass is 19.1. The number of hydrogen-bond acceptors (Lipinski definition) is 2. The van der Waals surface area contributed by atoms with E-state index in [-0.39, 0.29) is 5.54 Å². The molecule has 1 saturated heterocycles. The minimum absolute atomic E-state index is 0.00578. The Hall–Kier alpha value is -1.00. The summed E-state index contributed by atoms with van der Waals surface area (Å²) in [6.45, 7) is 8.27. The predicted molar refractivity (Wildman–Crippen MR) is 66.4 cm³/mol. The van der Waals surface area contributed by atoms with Gasteiger partial charge in [-0.2, -0.15) is 0 Å². The first-order chi connectivity index (χ1) is 8.38. The monoisotopic (exact) mass is 255 g/mol. The van der Waals surface area contributed by atoms with Crippen LogP contribution in [-0.2, 0) is 4.74 Å². The van der Waals surface area contributed by atoms with Crippen LogP contribution in [0.4, 0.5) is 8.78 Å². The minimum atomic E-state index is -0.428. The fourth-order valence-electron chi connectivity index (χ4n) is 2.21. The van der Waals surface area contributed by atoms with E-state index in [4.69, 9.17) is 4.74 Å². The second-order valence-electron chi connectivity index (χ2n) is 5.64. The van der Waals surface area contributed by atoms with Gasteiger partial charge in [0.15, 0.2) is 0 Å². The van der Waals surface area contributed by atoms with E-state index in [0.29, 0.717) is 18.7 Å². The van der Waals surface area contributed by atoms with E-state index in [9.17, 15) is 8.78 Å². The topological polar surface area (TPSA) is 12.5 Å². The number of nitrogens with zero attached hydrogens (tertiary/aromatic N) is 1.